The number of carbonyl (C=O) groups is 1. The monoisotopic (exact) mass is 273 g/mol. The van der Waals surface area contributed by atoms with Gasteiger partial charge in [0.2, 0.25) is 0 Å². The van der Waals surface area contributed by atoms with Gasteiger partial charge >= 0.3 is 0 Å². The average Bonchev–Trinajstić information content (AvgIpc) is 2.43. The predicted octanol–water partition coefficient (Wildman–Crippen LogP) is 2.55. The van der Waals surface area contributed by atoms with Gasteiger partial charge in [-0.1, -0.05) is 19.4 Å². The summed E-state index contributed by atoms with van der Waals surface area (Å²) in [6.45, 7) is 3.03. The van der Waals surface area contributed by atoms with Gasteiger partial charge in [0.1, 0.15) is 0 Å². The Labute approximate surface area is 120 Å². The van der Waals surface area contributed by atoms with Gasteiger partial charge in [-0.3, -0.25) is 4.79 Å². The summed E-state index contributed by atoms with van der Waals surface area (Å²) in [4.78, 5) is 14.2. The van der Waals surface area contributed by atoms with Gasteiger partial charge < -0.3 is 10.0 Å². The second-order valence-corrected chi connectivity index (χ2v) is 6.33. The Hall–Kier alpha value is -1.35. The minimum Gasteiger partial charge on any atom is -0.386 e. The number of carbonyl (C=O) groups excluding carboxylic acids is 1. The molecular weight excluding hydrogens is 250 g/mol. The van der Waals surface area contributed by atoms with Gasteiger partial charge in [-0.25, -0.2) is 0 Å². The molecule has 3 rings (SSSR count). The summed E-state index contributed by atoms with van der Waals surface area (Å²) in [7, 11) is 0. The number of β-amino-alcohol motifs (C(OH)–C–C–N with tert-alkyl or cyclic N) is 1. The number of amides is 1. The second kappa shape index (κ2) is 5.21. The van der Waals surface area contributed by atoms with Crippen molar-refractivity contribution in [3.63, 3.8) is 0 Å². The average molecular weight is 273 g/mol. The van der Waals surface area contributed by atoms with Crippen LogP contribution in [0.3, 0.4) is 0 Å². The maximum Gasteiger partial charge on any atom is 0.254 e. The SMILES string of the molecule is CCCC1(O)CN(C(=O)c2ccc3c(c2)CCCC3)C1. The van der Waals surface area contributed by atoms with E-state index in [-0.39, 0.29) is 5.91 Å². The Morgan fingerprint density at radius 1 is 1.25 bits per heavy atom. The van der Waals surface area contributed by atoms with Gasteiger partial charge in [-0.05, 0) is 55.4 Å². The molecule has 1 saturated heterocycles. The Morgan fingerprint density at radius 2 is 1.95 bits per heavy atom. The summed E-state index contributed by atoms with van der Waals surface area (Å²) in [6.07, 6.45) is 6.46. The minimum atomic E-state index is -0.640. The predicted molar refractivity (Wildman–Crippen MR) is 78.8 cm³/mol. The molecule has 1 amide bonds. The van der Waals surface area contributed by atoms with Gasteiger partial charge in [0, 0.05) is 5.56 Å². The normalized spacial score (nSPS) is 20.2. The number of rotatable bonds is 3. The van der Waals surface area contributed by atoms with E-state index < -0.39 is 5.60 Å². The third-order valence-electron chi connectivity index (χ3n) is 4.57. The molecule has 0 radical (unpaired) electrons. The van der Waals surface area contributed by atoms with Crippen molar-refractivity contribution in [2.45, 2.75) is 51.0 Å². The van der Waals surface area contributed by atoms with Crippen LogP contribution in [-0.2, 0) is 12.8 Å². The molecule has 1 fully saturated rings. The number of benzene rings is 1. The molecule has 0 atom stereocenters. The first kappa shape index (κ1) is 13.6. The van der Waals surface area contributed by atoms with Gasteiger partial charge in [-0.2, -0.15) is 0 Å². The van der Waals surface area contributed by atoms with Gasteiger partial charge in [0.05, 0.1) is 18.7 Å². The van der Waals surface area contributed by atoms with Crippen LogP contribution in [0.1, 0.15) is 54.1 Å². The number of aliphatic hydroxyl groups is 1. The highest BCUT2D eigenvalue weighted by atomic mass is 16.3. The zero-order valence-corrected chi connectivity index (χ0v) is 12.2. The number of hydrogen-bond acceptors (Lipinski definition) is 2. The summed E-state index contributed by atoms with van der Waals surface area (Å²) in [5.41, 5.74) is 2.88. The molecule has 1 aromatic rings. The van der Waals surface area contributed by atoms with E-state index in [9.17, 15) is 9.90 Å². The first-order valence-corrected chi connectivity index (χ1v) is 7.75. The zero-order valence-electron chi connectivity index (χ0n) is 12.2. The lowest BCUT2D eigenvalue weighted by atomic mass is 9.87. The molecule has 1 N–H and O–H groups in total. The number of likely N-dealkylation sites (tertiary alicyclic amines) is 1. The summed E-state index contributed by atoms with van der Waals surface area (Å²) < 4.78 is 0. The van der Waals surface area contributed by atoms with E-state index in [0.29, 0.717) is 13.1 Å². The van der Waals surface area contributed by atoms with Crippen molar-refractivity contribution >= 4 is 5.91 Å². The van der Waals surface area contributed by atoms with Crippen molar-refractivity contribution in [2.75, 3.05) is 13.1 Å². The van der Waals surface area contributed by atoms with Crippen molar-refractivity contribution in [1.29, 1.82) is 0 Å². The van der Waals surface area contributed by atoms with Crippen LogP contribution in [0.2, 0.25) is 0 Å². The van der Waals surface area contributed by atoms with Gasteiger partial charge in [-0.15, -0.1) is 0 Å². The molecule has 0 bridgehead atoms. The van der Waals surface area contributed by atoms with Crippen molar-refractivity contribution < 1.29 is 9.90 Å². The summed E-state index contributed by atoms with van der Waals surface area (Å²) in [5.74, 6) is 0.0687. The van der Waals surface area contributed by atoms with Gasteiger partial charge in [0.15, 0.2) is 0 Å². The largest absolute Gasteiger partial charge is 0.386 e. The molecule has 20 heavy (non-hydrogen) atoms. The maximum atomic E-state index is 12.4. The zero-order chi connectivity index (χ0) is 14.2. The molecule has 1 heterocycles. The lowest BCUT2D eigenvalue weighted by Crippen LogP contribution is -2.63. The maximum absolute atomic E-state index is 12.4. The topological polar surface area (TPSA) is 40.5 Å². The summed E-state index contributed by atoms with van der Waals surface area (Å²) >= 11 is 0. The second-order valence-electron chi connectivity index (χ2n) is 6.33. The molecule has 1 aliphatic heterocycles. The Morgan fingerprint density at radius 3 is 2.65 bits per heavy atom. The molecule has 3 nitrogen and oxygen atoms in total. The number of fused-ring (bicyclic) bond motifs is 1. The minimum absolute atomic E-state index is 0.0687. The fraction of sp³-hybridized carbons (Fsp3) is 0.588. The van der Waals surface area contributed by atoms with Crippen LogP contribution < -0.4 is 0 Å². The van der Waals surface area contributed by atoms with E-state index in [0.717, 1.165) is 31.2 Å². The van der Waals surface area contributed by atoms with E-state index in [1.165, 1.54) is 24.0 Å². The standard InChI is InChI=1S/C17H23NO2/c1-2-9-17(20)11-18(12-17)16(19)15-8-7-13-5-3-4-6-14(13)10-15/h7-8,10,20H,2-6,9,11-12H2,1H3. The van der Waals surface area contributed by atoms with Crippen molar-refractivity contribution in [3.05, 3.63) is 34.9 Å². The molecule has 0 spiro atoms. The third kappa shape index (κ3) is 2.47. The molecule has 2 aliphatic rings. The quantitative estimate of drug-likeness (QED) is 0.919. The van der Waals surface area contributed by atoms with Crippen molar-refractivity contribution in [1.82, 2.24) is 4.90 Å². The molecule has 1 aromatic carbocycles. The molecule has 108 valence electrons. The third-order valence-corrected chi connectivity index (χ3v) is 4.57. The van der Waals surface area contributed by atoms with Crippen LogP contribution in [0.4, 0.5) is 0 Å². The Balaban J connectivity index is 1.70. The lowest BCUT2D eigenvalue weighted by molar-refractivity contribution is -0.0860. The Kier molecular flexibility index (Phi) is 3.55. The van der Waals surface area contributed by atoms with Crippen LogP contribution in [0, 0.1) is 0 Å². The fourth-order valence-corrected chi connectivity index (χ4v) is 3.48. The molecular formula is C17H23NO2. The van der Waals surface area contributed by atoms with E-state index in [1.807, 2.05) is 6.07 Å². The van der Waals surface area contributed by atoms with Crippen molar-refractivity contribution in [3.8, 4) is 0 Å². The number of nitrogens with zero attached hydrogens (tertiary/aromatic N) is 1. The van der Waals surface area contributed by atoms with Crippen molar-refractivity contribution in [2.24, 2.45) is 0 Å². The summed E-state index contributed by atoms with van der Waals surface area (Å²) in [6, 6.07) is 6.12. The van der Waals surface area contributed by atoms with Crippen LogP contribution in [-0.4, -0.2) is 34.6 Å². The summed E-state index contributed by atoms with van der Waals surface area (Å²) in [5, 5.41) is 10.2. The smallest absolute Gasteiger partial charge is 0.254 e. The van der Waals surface area contributed by atoms with Crippen LogP contribution in [0.25, 0.3) is 0 Å². The molecule has 0 saturated carbocycles. The molecule has 3 heteroatoms. The van der Waals surface area contributed by atoms with Gasteiger partial charge in [0.25, 0.3) is 5.91 Å². The number of aryl methyl sites for hydroxylation is 2. The van der Waals surface area contributed by atoms with E-state index in [2.05, 4.69) is 19.1 Å². The van der Waals surface area contributed by atoms with E-state index >= 15 is 0 Å². The first-order chi connectivity index (χ1) is 9.61. The highest BCUT2D eigenvalue weighted by Crippen LogP contribution is 2.28. The number of hydrogen-bond donors (Lipinski definition) is 1. The van der Waals surface area contributed by atoms with E-state index in [4.69, 9.17) is 0 Å². The Bertz CT molecular complexity index is 518. The lowest BCUT2D eigenvalue weighted by Gasteiger charge is -2.46. The van der Waals surface area contributed by atoms with Crippen LogP contribution >= 0.6 is 0 Å². The molecule has 1 aliphatic carbocycles. The van der Waals surface area contributed by atoms with Crippen LogP contribution in [0.15, 0.2) is 18.2 Å². The molecule has 0 unspecified atom stereocenters. The highest BCUT2D eigenvalue weighted by molar-refractivity contribution is 5.95. The van der Waals surface area contributed by atoms with Crippen LogP contribution in [0.5, 0.6) is 0 Å². The fourth-order valence-electron chi connectivity index (χ4n) is 3.48. The first-order valence-electron chi connectivity index (χ1n) is 7.75. The highest BCUT2D eigenvalue weighted by Gasteiger charge is 2.42. The molecule has 0 aromatic heterocycles. The van der Waals surface area contributed by atoms with E-state index in [1.54, 1.807) is 4.90 Å².